The van der Waals surface area contributed by atoms with Gasteiger partial charge in [0.1, 0.15) is 0 Å². The molecular weight excluding hydrogens is 222 g/mol. The van der Waals surface area contributed by atoms with E-state index >= 15 is 0 Å². The van der Waals surface area contributed by atoms with Crippen LogP contribution >= 0.6 is 0 Å². The minimum Gasteiger partial charge on any atom is -0.310 e. The van der Waals surface area contributed by atoms with Gasteiger partial charge in [0.25, 0.3) is 0 Å². The van der Waals surface area contributed by atoms with Crippen LogP contribution < -0.4 is 5.32 Å². The Morgan fingerprint density at radius 3 is 2.50 bits per heavy atom. The number of nitrogens with one attached hydrogen (secondary N) is 1. The van der Waals surface area contributed by atoms with E-state index in [9.17, 15) is 0 Å². The van der Waals surface area contributed by atoms with Crippen LogP contribution in [0.1, 0.15) is 63.5 Å². The molecule has 0 aliphatic rings. The standard InChI is InChI=1S/C15H27N3/c1-6-9-16-15(11(4)7-2)13-10-12(5)17-18-14(13)8-3/h10-11,15-16H,6-9H2,1-5H3. The van der Waals surface area contributed by atoms with Crippen molar-refractivity contribution in [2.45, 2.75) is 59.9 Å². The average Bonchev–Trinajstić information content (AvgIpc) is 2.39. The molecule has 0 bridgehead atoms. The summed E-state index contributed by atoms with van der Waals surface area (Å²) in [6.07, 6.45) is 3.28. The molecule has 102 valence electrons. The van der Waals surface area contributed by atoms with Gasteiger partial charge in [-0.05, 0) is 43.9 Å². The van der Waals surface area contributed by atoms with Gasteiger partial charge in [-0.15, -0.1) is 0 Å². The van der Waals surface area contributed by atoms with Crippen molar-refractivity contribution in [2.75, 3.05) is 6.54 Å². The smallest absolute Gasteiger partial charge is 0.0676 e. The summed E-state index contributed by atoms with van der Waals surface area (Å²) in [4.78, 5) is 0. The number of aryl methyl sites for hydroxylation is 2. The molecule has 1 rings (SSSR count). The summed E-state index contributed by atoms with van der Waals surface area (Å²) in [7, 11) is 0. The summed E-state index contributed by atoms with van der Waals surface area (Å²) in [5.41, 5.74) is 3.48. The van der Waals surface area contributed by atoms with Crippen LogP contribution in [0.25, 0.3) is 0 Å². The average molecular weight is 249 g/mol. The minimum atomic E-state index is 0.402. The van der Waals surface area contributed by atoms with Crippen molar-refractivity contribution in [3.8, 4) is 0 Å². The van der Waals surface area contributed by atoms with Crippen molar-refractivity contribution < 1.29 is 0 Å². The highest BCUT2D eigenvalue weighted by atomic mass is 15.1. The molecule has 0 radical (unpaired) electrons. The van der Waals surface area contributed by atoms with Gasteiger partial charge < -0.3 is 5.32 Å². The molecule has 0 aromatic carbocycles. The first-order chi connectivity index (χ1) is 8.63. The van der Waals surface area contributed by atoms with Gasteiger partial charge in [0.2, 0.25) is 0 Å². The zero-order chi connectivity index (χ0) is 13.5. The summed E-state index contributed by atoms with van der Waals surface area (Å²) in [5.74, 6) is 0.616. The fraction of sp³-hybridized carbons (Fsp3) is 0.733. The Morgan fingerprint density at radius 2 is 1.94 bits per heavy atom. The van der Waals surface area contributed by atoms with Crippen LogP contribution in [-0.4, -0.2) is 16.7 Å². The molecule has 1 heterocycles. The summed E-state index contributed by atoms with van der Waals surface area (Å²) in [6, 6.07) is 2.60. The first-order valence-corrected chi connectivity index (χ1v) is 7.20. The van der Waals surface area contributed by atoms with E-state index in [1.54, 1.807) is 0 Å². The molecule has 18 heavy (non-hydrogen) atoms. The molecule has 3 heteroatoms. The lowest BCUT2D eigenvalue weighted by Gasteiger charge is -2.26. The maximum Gasteiger partial charge on any atom is 0.0676 e. The monoisotopic (exact) mass is 249 g/mol. The van der Waals surface area contributed by atoms with Gasteiger partial charge in [-0.2, -0.15) is 10.2 Å². The lowest BCUT2D eigenvalue weighted by atomic mass is 9.90. The van der Waals surface area contributed by atoms with E-state index in [0.29, 0.717) is 12.0 Å². The van der Waals surface area contributed by atoms with Crippen molar-refractivity contribution in [2.24, 2.45) is 5.92 Å². The Balaban J connectivity index is 3.05. The molecule has 0 amide bonds. The molecule has 1 aromatic rings. The minimum absolute atomic E-state index is 0.402. The highest BCUT2D eigenvalue weighted by Gasteiger charge is 2.20. The molecule has 1 N–H and O–H groups in total. The van der Waals surface area contributed by atoms with Crippen LogP contribution in [0.15, 0.2) is 6.07 Å². The van der Waals surface area contributed by atoms with Gasteiger partial charge in [0, 0.05) is 6.04 Å². The summed E-state index contributed by atoms with van der Waals surface area (Å²) in [6.45, 7) is 12.0. The van der Waals surface area contributed by atoms with Gasteiger partial charge in [0.15, 0.2) is 0 Å². The molecule has 0 fully saturated rings. The van der Waals surface area contributed by atoms with Crippen molar-refractivity contribution >= 4 is 0 Å². The zero-order valence-electron chi connectivity index (χ0n) is 12.5. The molecule has 0 saturated heterocycles. The third-order valence-corrected chi connectivity index (χ3v) is 3.52. The second-order valence-corrected chi connectivity index (χ2v) is 5.06. The fourth-order valence-corrected chi connectivity index (χ4v) is 2.23. The molecule has 0 aliphatic heterocycles. The molecule has 1 aromatic heterocycles. The van der Waals surface area contributed by atoms with E-state index in [2.05, 4.69) is 49.3 Å². The molecule has 3 nitrogen and oxygen atoms in total. The van der Waals surface area contributed by atoms with Crippen LogP contribution in [0.4, 0.5) is 0 Å². The van der Waals surface area contributed by atoms with E-state index in [1.165, 1.54) is 12.0 Å². The molecule has 0 aliphatic carbocycles. The van der Waals surface area contributed by atoms with Gasteiger partial charge >= 0.3 is 0 Å². The van der Waals surface area contributed by atoms with E-state index in [4.69, 9.17) is 0 Å². The fourth-order valence-electron chi connectivity index (χ4n) is 2.23. The van der Waals surface area contributed by atoms with Crippen molar-refractivity contribution in [3.05, 3.63) is 23.0 Å². The highest BCUT2D eigenvalue weighted by Crippen LogP contribution is 2.26. The maximum absolute atomic E-state index is 4.35. The van der Waals surface area contributed by atoms with Crippen molar-refractivity contribution in [3.63, 3.8) is 0 Å². The quantitative estimate of drug-likeness (QED) is 0.804. The van der Waals surface area contributed by atoms with Gasteiger partial charge in [0.05, 0.1) is 11.4 Å². The number of aromatic nitrogens is 2. The number of rotatable bonds is 7. The van der Waals surface area contributed by atoms with Gasteiger partial charge in [-0.3, -0.25) is 0 Å². The Kier molecular flexibility index (Phi) is 6.27. The van der Waals surface area contributed by atoms with Crippen molar-refractivity contribution in [1.82, 2.24) is 15.5 Å². The molecule has 0 spiro atoms. The first-order valence-electron chi connectivity index (χ1n) is 7.20. The largest absolute Gasteiger partial charge is 0.310 e. The molecule has 2 unspecified atom stereocenters. The second kappa shape index (κ2) is 7.47. The van der Waals surface area contributed by atoms with E-state index < -0.39 is 0 Å². The lowest BCUT2D eigenvalue weighted by molar-refractivity contribution is 0.373. The van der Waals surface area contributed by atoms with E-state index in [-0.39, 0.29) is 0 Å². The Morgan fingerprint density at radius 1 is 1.22 bits per heavy atom. The van der Waals surface area contributed by atoms with Crippen LogP contribution in [0, 0.1) is 12.8 Å². The predicted molar refractivity (Wildman–Crippen MR) is 76.6 cm³/mol. The molecule has 2 atom stereocenters. The summed E-state index contributed by atoms with van der Waals surface area (Å²) in [5, 5.41) is 12.2. The van der Waals surface area contributed by atoms with Crippen LogP contribution in [0.5, 0.6) is 0 Å². The predicted octanol–water partition coefficient (Wildman–Crippen LogP) is 3.43. The maximum atomic E-state index is 4.35. The molecular formula is C15H27N3. The third-order valence-electron chi connectivity index (χ3n) is 3.52. The number of hydrogen-bond acceptors (Lipinski definition) is 3. The van der Waals surface area contributed by atoms with Crippen LogP contribution in [0.3, 0.4) is 0 Å². The first kappa shape index (κ1) is 15.1. The van der Waals surface area contributed by atoms with E-state index in [0.717, 1.165) is 30.8 Å². The van der Waals surface area contributed by atoms with Crippen LogP contribution in [-0.2, 0) is 6.42 Å². The van der Waals surface area contributed by atoms with Gasteiger partial charge in [-0.1, -0.05) is 34.1 Å². The van der Waals surface area contributed by atoms with E-state index in [1.807, 2.05) is 6.92 Å². The molecule has 0 saturated carbocycles. The van der Waals surface area contributed by atoms with Crippen LogP contribution in [0.2, 0.25) is 0 Å². The van der Waals surface area contributed by atoms with Gasteiger partial charge in [-0.25, -0.2) is 0 Å². The Bertz CT molecular complexity index is 363. The Labute approximate surface area is 111 Å². The number of hydrogen-bond donors (Lipinski definition) is 1. The second-order valence-electron chi connectivity index (χ2n) is 5.06. The zero-order valence-corrected chi connectivity index (χ0v) is 12.5. The summed E-state index contributed by atoms with van der Waals surface area (Å²) < 4.78 is 0. The Hall–Kier alpha value is -0.960. The highest BCUT2D eigenvalue weighted by molar-refractivity contribution is 5.25. The lowest BCUT2D eigenvalue weighted by Crippen LogP contribution is -2.29. The number of nitrogens with zero attached hydrogens (tertiary/aromatic N) is 2. The van der Waals surface area contributed by atoms with Crippen molar-refractivity contribution in [1.29, 1.82) is 0 Å². The topological polar surface area (TPSA) is 37.8 Å². The SMILES string of the molecule is CCCNC(c1cc(C)nnc1CC)C(C)CC. The third kappa shape index (κ3) is 3.77. The normalized spacial score (nSPS) is 14.5. The summed E-state index contributed by atoms with van der Waals surface area (Å²) >= 11 is 0.